The monoisotopic (exact) mass is 300 g/mol. The third-order valence-corrected chi connectivity index (χ3v) is 2.74. The second-order valence-corrected chi connectivity index (χ2v) is 4.49. The van der Waals surface area contributed by atoms with E-state index in [1.54, 1.807) is 4.90 Å². The molecule has 0 unspecified atom stereocenters. The fourth-order valence-corrected chi connectivity index (χ4v) is 2.00. The maximum Gasteiger partial charge on any atom is 0.417 e. The first-order valence-electron chi connectivity index (χ1n) is 5.43. The summed E-state index contributed by atoms with van der Waals surface area (Å²) >= 11 is 11.5. The van der Waals surface area contributed by atoms with Gasteiger partial charge in [-0.3, -0.25) is 0 Å². The predicted octanol–water partition coefficient (Wildman–Crippen LogP) is 4.21. The first-order valence-corrected chi connectivity index (χ1v) is 6.35. The van der Waals surface area contributed by atoms with E-state index in [9.17, 15) is 13.2 Å². The Balaban J connectivity index is 3.03. The molecule has 0 N–H and O–H groups in total. The molecule has 0 saturated heterocycles. The highest BCUT2D eigenvalue weighted by atomic mass is 35.5. The number of aromatic nitrogens is 1. The van der Waals surface area contributed by atoms with Gasteiger partial charge in [-0.05, 0) is 12.5 Å². The van der Waals surface area contributed by atoms with E-state index >= 15 is 0 Å². The smallest absolute Gasteiger partial charge is 0.354 e. The highest BCUT2D eigenvalue weighted by molar-refractivity contribution is 6.33. The molecular weight excluding hydrogens is 288 g/mol. The van der Waals surface area contributed by atoms with Gasteiger partial charge in [0, 0.05) is 25.2 Å². The van der Waals surface area contributed by atoms with Crippen LogP contribution in [0.1, 0.15) is 18.9 Å². The van der Waals surface area contributed by atoms with E-state index in [-0.39, 0.29) is 5.02 Å². The summed E-state index contributed by atoms with van der Waals surface area (Å²) < 4.78 is 37.4. The number of rotatable bonds is 5. The maximum atomic E-state index is 12.5. The van der Waals surface area contributed by atoms with Crippen LogP contribution in [0.2, 0.25) is 5.02 Å². The SMILES string of the molecule is CCCN(CCCl)c1ncc(C(F)(F)F)cc1Cl. The Morgan fingerprint density at radius 3 is 2.44 bits per heavy atom. The molecule has 0 spiro atoms. The number of nitrogens with zero attached hydrogens (tertiary/aromatic N) is 2. The summed E-state index contributed by atoms with van der Waals surface area (Å²) in [5, 5.41) is -0.0107. The minimum absolute atomic E-state index is 0.0107. The van der Waals surface area contributed by atoms with Gasteiger partial charge >= 0.3 is 6.18 Å². The van der Waals surface area contributed by atoms with Crippen LogP contribution in [0.25, 0.3) is 0 Å². The van der Waals surface area contributed by atoms with Gasteiger partial charge in [0.15, 0.2) is 0 Å². The van der Waals surface area contributed by atoms with Crippen LogP contribution in [-0.2, 0) is 6.18 Å². The number of hydrogen-bond acceptors (Lipinski definition) is 2. The van der Waals surface area contributed by atoms with Gasteiger partial charge in [0.2, 0.25) is 0 Å². The second-order valence-electron chi connectivity index (χ2n) is 3.70. The molecule has 0 amide bonds. The summed E-state index contributed by atoms with van der Waals surface area (Å²) in [6.45, 7) is 3.09. The zero-order valence-electron chi connectivity index (χ0n) is 9.77. The zero-order valence-corrected chi connectivity index (χ0v) is 11.3. The molecule has 0 aliphatic carbocycles. The Labute approximate surface area is 114 Å². The topological polar surface area (TPSA) is 16.1 Å². The van der Waals surface area contributed by atoms with Crippen LogP contribution in [0.15, 0.2) is 12.3 Å². The van der Waals surface area contributed by atoms with Crippen molar-refractivity contribution in [3.63, 3.8) is 0 Å². The summed E-state index contributed by atoms with van der Waals surface area (Å²) in [6.07, 6.45) is -2.81. The van der Waals surface area contributed by atoms with Gasteiger partial charge in [-0.25, -0.2) is 4.98 Å². The van der Waals surface area contributed by atoms with Gasteiger partial charge < -0.3 is 4.90 Å². The number of hydrogen-bond donors (Lipinski definition) is 0. The van der Waals surface area contributed by atoms with Crippen molar-refractivity contribution in [1.29, 1.82) is 0 Å². The Morgan fingerprint density at radius 1 is 1.33 bits per heavy atom. The van der Waals surface area contributed by atoms with Crippen LogP contribution in [-0.4, -0.2) is 24.0 Å². The normalized spacial score (nSPS) is 11.7. The van der Waals surface area contributed by atoms with Crippen molar-refractivity contribution in [3.05, 3.63) is 22.8 Å². The lowest BCUT2D eigenvalue weighted by Gasteiger charge is -2.23. The largest absolute Gasteiger partial charge is 0.417 e. The summed E-state index contributed by atoms with van der Waals surface area (Å²) in [5.74, 6) is 0.700. The molecule has 102 valence electrons. The van der Waals surface area contributed by atoms with E-state index in [0.29, 0.717) is 24.8 Å². The van der Waals surface area contributed by atoms with Crippen molar-refractivity contribution < 1.29 is 13.2 Å². The zero-order chi connectivity index (χ0) is 13.8. The highest BCUT2D eigenvalue weighted by Gasteiger charge is 2.31. The van der Waals surface area contributed by atoms with Gasteiger partial charge in [-0.1, -0.05) is 18.5 Å². The van der Waals surface area contributed by atoms with Crippen molar-refractivity contribution in [3.8, 4) is 0 Å². The average Bonchev–Trinajstić information content (AvgIpc) is 2.27. The van der Waals surface area contributed by atoms with E-state index in [2.05, 4.69) is 4.98 Å². The van der Waals surface area contributed by atoms with Crippen molar-refractivity contribution in [2.45, 2.75) is 19.5 Å². The number of alkyl halides is 4. The van der Waals surface area contributed by atoms with E-state index in [4.69, 9.17) is 23.2 Å². The fraction of sp³-hybridized carbons (Fsp3) is 0.545. The van der Waals surface area contributed by atoms with Gasteiger partial charge in [-0.15, -0.1) is 11.6 Å². The number of pyridine rings is 1. The molecule has 2 nitrogen and oxygen atoms in total. The third kappa shape index (κ3) is 3.92. The Morgan fingerprint density at radius 2 is 2.00 bits per heavy atom. The average molecular weight is 301 g/mol. The molecule has 7 heteroatoms. The van der Waals surface area contributed by atoms with Crippen molar-refractivity contribution in [1.82, 2.24) is 4.98 Å². The minimum atomic E-state index is -4.43. The molecule has 1 aromatic heterocycles. The highest BCUT2D eigenvalue weighted by Crippen LogP contribution is 2.33. The molecule has 0 saturated carbocycles. The molecule has 0 bridgehead atoms. The Kier molecular flexibility index (Phi) is 5.53. The Bertz CT molecular complexity index is 390. The standard InChI is InChI=1S/C11H13Cl2F3N2/c1-2-4-18(5-3-12)10-9(13)6-8(7-17-10)11(14,15)16/h6-7H,2-5H2,1H3. The van der Waals surface area contributed by atoms with Crippen molar-refractivity contribution in [2.75, 3.05) is 23.9 Å². The van der Waals surface area contributed by atoms with Crippen LogP contribution < -0.4 is 4.90 Å². The minimum Gasteiger partial charge on any atom is -0.354 e. The van der Waals surface area contributed by atoms with E-state index in [1.807, 2.05) is 6.92 Å². The Hall–Kier alpha value is -0.680. The first kappa shape index (κ1) is 15.4. The molecule has 18 heavy (non-hydrogen) atoms. The molecule has 0 radical (unpaired) electrons. The van der Waals surface area contributed by atoms with Crippen molar-refractivity contribution >= 4 is 29.0 Å². The predicted molar refractivity (Wildman–Crippen MR) is 67.5 cm³/mol. The van der Waals surface area contributed by atoms with Crippen molar-refractivity contribution in [2.24, 2.45) is 0 Å². The number of halogens is 5. The molecule has 0 atom stereocenters. The molecule has 1 rings (SSSR count). The van der Waals surface area contributed by atoms with Gasteiger partial charge in [0.1, 0.15) is 5.82 Å². The van der Waals surface area contributed by atoms with Gasteiger partial charge in [0.05, 0.1) is 10.6 Å². The third-order valence-electron chi connectivity index (χ3n) is 2.30. The quantitative estimate of drug-likeness (QED) is 0.757. The lowest BCUT2D eigenvalue weighted by Crippen LogP contribution is -2.27. The summed E-state index contributed by atoms with van der Waals surface area (Å²) in [4.78, 5) is 5.57. The van der Waals surface area contributed by atoms with Gasteiger partial charge in [-0.2, -0.15) is 13.2 Å². The van der Waals surface area contributed by atoms with Crippen LogP contribution in [0.3, 0.4) is 0 Å². The van der Waals surface area contributed by atoms with E-state index < -0.39 is 11.7 Å². The van der Waals surface area contributed by atoms with Gasteiger partial charge in [0.25, 0.3) is 0 Å². The number of anilines is 1. The van der Waals surface area contributed by atoms with E-state index in [0.717, 1.165) is 18.7 Å². The lowest BCUT2D eigenvalue weighted by atomic mass is 10.2. The molecular formula is C11H13Cl2F3N2. The molecule has 1 heterocycles. The fourth-order valence-electron chi connectivity index (χ4n) is 1.51. The lowest BCUT2D eigenvalue weighted by molar-refractivity contribution is -0.137. The van der Waals surface area contributed by atoms with E-state index in [1.165, 1.54) is 0 Å². The molecule has 0 aliphatic rings. The van der Waals surface area contributed by atoms with Crippen LogP contribution >= 0.6 is 23.2 Å². The summed E-state index contributed by atoms with van der Waals surface area (Å²) in [7, 11) is 0. The second kappa shape index (κ2) is 6.48. The van der Waals surface area contributed by atoms with Crippen LogP contribution in [0.4, 0.5) is 19.0 Å². The summed E-state index contributed by atoms with van der Waals surface area (Å²) in [5.41, 5.74) is -0.849. The summed E-state index contributed by atoms with van der Waals surface area (Å²) in [6, 6.07) is 0.890. The first-order chi connectivity index (χ1) is 8.40. The molecule has 0 aromatic carbocycles. The van der Waals surface area contributed by atoms with Crippen LogP contribution in [0.5, 0.6) is 0 Å². The van der Waals surface area contributed by atoms with Crippen LogP contribution in [0, 0.1) is 0 Å². The molecule has 0 fully saturated rings. The molecule has 1 aromatic rings. The maximum absolute atomic E-state index is 12.5. The molecule has 0 aliphatic heterocycles.